The number of hydrogen-bond acceptors (Lipinski definition) is 3. The zero-order valence-electron chi connectivity index (χ0n) is 12.5. The Bertz CT molecular complexity index is 657. The number of nitrogens with zero attached hydrogens (tertiary/aromatic N) is 4. The summed E-state index contributed by atoms with van der Waals surface area (Å²) >= 11 is 0. The van der Waals surface area contributed by atoms with Crippen molar-refractivity contribution in [1.29, 1.82) is 0 Å². The maximum atomic E-state index is 5.98. The van der Waals surface area contributed by atoms with Crippen molar-refractivity contribution in [3.05, 3.63) is 18.5 Å². The Morgan fingerprint density at radius 3 is 2.70 bits per heavy atom. The fourth-order valence-electron chi connectivity index (χ4n) is 2.82. The molecule has 0 bridgehead atoms. The minimum atomic E-state index is -0.816. The fourth-order valence-corrected chi connectivity index (χ4v) is 12.6. The fraction of sp³-hybridized carbons (Fsp3) is 0.538. The largest absolute Gasteiger partial charge is 0.279 e. The first-order chi connectivity index (χ1) is 9.39. The lowest BCUT2D eigenvalue weighted by Gasteiger charge is -2.48. The Balaban J connectivity index is 2.22. The molecule has 2 radical (unpaired) electrons. The van der Waals surface area contributed by atoms with Gasteiger partial charge in [-0.2, -0.15) is 25.5 Å². The molecule has 3 rings (SSSR count). The van der Waals surface area contributed by atoms with Gasteiger partial charge in [-0.1, -0.05) is 6.92 Å². The molecule has 4 nitrogen and oxygen atoms in total. The van der Waals surface area contributed by atoms with E-state index in [1.54, 1.807) is 10.8 Å². The van der Waals surface area contributed by atoms with Crippen LogP contribution in [0.25, 0.3) is 5.52 Å². The van der Waals surface area contributed by atoms with Crippen LogP contribution in [0.4, 0.5) is 5.82 Å². The molecule has 0 spiro atoms. The third-order valence-electron chi connectivity index (χ3n) is 4.13. The average molecular weight is 308 g/mol. The lowest BCUT2D eigenvalue weighted by atomic mass is 10.1. The summed E-state index contributed by atoms with van der Waals surface area (Å²) in [5, 5.41) is 4.27. The van der Waals surface area contributed by atoms with Crippen molar-refractivity contribution in [2.45, 2.75) is 6.92 Å². The van der Waals surface area contributed by atoms with Crippen LogP contribution < -0.4 is 9.30 Å². The molecule has 7 heteroatoms. The molecule has 0 saturated carbocycles. The van der Waals surface area contributed by atoms with Gasteiger partial charge in [0, 0.05) is 11.5 Å². The molecule has 0 aromatic carbocycles. The van der Waals surface area contributed by atoms with Gasteiger partial charge in [-0.15, -0.1) is 0 Å². The van der Waals surface area contributed by atoms with Gasteiger partial charge in [0.2, 0.25) is 0 Å². The average Bonchev–Trinajstić information content (AvgIpc) is 2.90. The standard InChI is InChI=1S/C13H21BN4S2/c1-5-20(4)9-8-19(2,3)18(20)13-11-6-7-12(14)17(11)16-10-15-13/h6-7,10H,5,8-9H2,1-4H3. The Morgan fingerprint density at radius 1 is 1.25 bits per heavy atom. The monoisotopic (exact) mass is 308 g/mol. The van der Waals surface area contributed by atoms with E-state index in [9.17, 15) is 0 Å². The second kappa shape index (κ2) is 4.60. The molecule has 1 unspecified atom stereocenters. The first kappa shape index (κ1) is 14.1. The molecule has 1 fully saturated rings. The molecule has 0 amide bonds. The lowest BCUT2D eigenvalue weighted by Crippen LogP contribution is -2.27. The molecule has 1 atom stereocenters. The van der Waals surface area contributed by atoms with E-state index in [0.29, 0.717) is 5.59 Å². The quantitative estimate of drug-likeness (QED) is 0.792. The molecular formula is C13H21BN4S2. The maximum Gasteiger partial charge on any atom is 0.173 e. The normalized spacial score (nSPS) is 30.3. The van der Waals surface area contributed by atoms with Gasteiger partial charge in [-0.25, -0.2) is 9.50 Å². The summed E-state index contributed by atoms with van der Waals surface area (Å²) in [6.07, 6.45) is 8.85. The second-order valence-corrected chi connectivity index (χ2v) is 13.6. The third-order valence-corrected chi connectivity index (χ3v) is 12.3. The van der Waals surface area contributed by atoms with E-state index in [4.69, 9.17) is 7.85 Å². The summed E-state index contributed by atoms with van der Waals surface area (Å²) in [7, 11) is 4.36. The maximum absolute atomic E-state index is 5.98. The first-order valence-electron chi connectivity index (χ1n) is 6.72. The molecule has 1 aliphatic rings. The van der Waals surface area contributed by atoms with Gasteiger partial charge in [0.25, 0.3) is 0 Å². The summed E-state index contributed by atoms with van der Waals surface area (Å²) in [5.41, 5.74) is 1.70. The Kier molecular flexibility index (Phi) is 3.25. The molecule has 2 aromatic rings. The zero-order valence-corrected chi connectivity index (χ0v) is 14.2. The molecule has 1 saturated heterocycles. The first-order valence-corrected chi connectivity index (χ1v) is 11.6. The summed E-state index contributed by atoms with van der Waals surface area (Å²) in [6.45, 7) is 2.30. The van der Waals surface area contributed by atoms with Crippen molar-refractivity contribution in [2.75, 3.05) is 39.7 Å². The highest BCUT2D eigenvalue weighted by Gasteiger charge is 2.42. The van der Waals surface area contributed by atoms with Gasteiger partial charge in [0.1, 0.15) is 19.7 Å². The van der Waals surface area contributed by atoms with Crippen LogP contribution in [0.1, 0.15) is 6.92 Å². The van der Waals surface area contributed by atoms with Crippen molar-refractivity contribution >= 4 is 45.2 Å². The minimum Gasteiger partial charge on any atom is -0.279 e. The number of fused-ring (bicyclic) bond motifs is 1. The van der Waals surface area contributed by atoms with Crippen LogP contribution in [0, 0.1) is 0 Å². The van der Waals surface area contributed by atoms with Crippen LogP contribution in [0.3, 0.4) is 0 Å². The second-order valence-electron chi connectivity index (χ2n) is 5.80. The van der Waals surface area contributed by atoms with E-state index in [1.807, 2.05) is 12.1 Å². The Hall–Kier alpha value is -0.815. The van der Waals surface area contributed by atoms with E-state index in [1.165, 1.54) is 17.3 Å². The van der Waals surface area contributed by atoms with Gasteiger partial charge < -0.3 is 0 Å². The van der Waals surface area contributed by atoms with E-state index in [-0.39, 0.29) is 0 Å². The summed E-state index contributed by atoms with van der Waals surface area (Å²) in [4.78, 5) is 4.62. The molecule has 1 aliphatic heterocycles. The summed E-state index contributed by atoms with van der Waals surface area (Å²) in [5.74, 6) is 4.86. The van der Waals surface area contributed by atoms with Gasteiger partial charge in [0.15, 0.2) is 5.82 Å². The minimum absolute atomic E-state index is 0.670. The predicted molar refractivity (Wildman–Crippen MR) is 94.1 cm³/mol. The molecule has 108 valence electrons. The molecular weight excluding hydrogens is 287 g/mol. The van der Waals surface area contributed by atoms with E-state index >= 15 is 0 Å². The molecule has 20 heavy (non-hydrogen) atoms. The zero-order chi connectivity index (χ0) is 14.5. The van der Waals surface area contributed by atoms with Crippen molar-refractivity contribution in [2.24, 2.45) is 0 Å². The van der Waals surface area contributed by atoms with Gasteiger partial charge in [-0.3, -0.25) is 3.71 Å². The number of rotatable bonds is 2. The van der Waals surface area contributed by atoms with Crippen LogP contribution in [0.5, 0.6) is 0 Å². The predicted octanol–water partition coefficient (Wildman–Crippen LogP) is 1.69. The highest BCUT2D eigenvalue weighted by Crippen LogP contribution is 2.70. The SMILES string of the molecule is [B]c1ccc2c(N3S(C)(C)CCS3(C)CC)ncnn12. The topological polar surface area (TPSA) is 33.4 Å². The van der Waals surface area contributed by atoms with Crippen molar-refractivity contribution < 1.29 is 0 Å². The lowest BCUT2D eigenvalue weighted by molar-refractivity contribution is 0.925. The van der Waals surface area contributed by atoms with Crippen molar-refractivity contribution in [3.8, 4) is 0 Å². The van der Waals surface area contributed by atoms with Gasteiger partial charge >= 0.3 is 0 Å². The van der Waals surface area contributed by atoms with Gasteiger partial charge in [-0.05, 0) is 42.2 Å². The van der Waals surface area contributed by atoms with E-state index in [0.717, 1.165) is 11.3 Å². The van der Waals surface area contributed by atoms with Crippen LogP contribution in [-0.2, 0) is 0 Å². The number of anilines is 1. The Labute approximate surface area is 125 Å². The summed E-state index contributed by atoms with van der Waals surface area (Å²) in [6, 6.07) is 3.94. The van der Waals surface area contributed by atoms with E-state index in [2.05, 4.69) is 39.5 Å². The molecule has 0 aliphatic carbocycles. The van der Waals surface area contributed by atoms with Crippen LogP contribution >= 0.6 is 20.4 Å². The number of aromatic nitrogens is 3. The molecule has 0 N–H and O–H groups in total. The van der Waals surface area contributed by atoms with Gasteiger partial charge in [0.05, 0.1) is 0 Å². The highest BCUT2D eigenvalue weighted by molar-refractivity contribution is 8.52. The number of hydrogen-bond donors (Lipinski definition) is 0. The van der Waals surface area contributed by atoms with Crippen LogP contribution in [-0.4, -0.2) is 58.5 Å². The van der Waals surface area contributed by atoms with Crippen LogP contribution in [0.15, 0.2) is 18.5 Å². The van der Waals surface area contributed by atoms with Crippen LogP contribution in [0.2, 0.25) is 0 Å². The third kappa shape index (κ3) is 1.94. The van der Waals surface area contributed by atoms with Crippen molar-refractivity contribution in [1.82, 2.24) is 14.6 Å². The molecule has 2 aromatic heterocycles. The highest BCUT2D eigenvalue weighted by atomic mass is 32.3. The Morgan fingerprint density at radius 2 is 2.00 bits per heavy atom. The smallest absolute Gasteiger partial charge is 0.173 e. The van der Waals surface area contributed by atoms with E-state index < -0.39 is 20.4 Å². The molecule has 3 heterocycles. The summed E-state index contributed by atoms with van der Waals surface area (Å²) < 4.78 is 4.43. The van der Waals surface area contributed by atoms with Crippen molar-refractivity contribution in [3.63, 3.8) is 0 Å².